The van der Waals surface area contributed by atoms with E-state index in [4.69, 9.17) is 0 Å². The first-order valence-corrected chi connectivity index (χ1v) is 10.2. The van der Waals surface area contributed by atoms with Crippen LogP contribution < -0.4 is 10.1 Å². The molecule has 0 radical (unpaired) electrons. The van der Waals surface area contributed by atoms with Crippen LogP contribution >= 0.6 is 11.3 Å². The molecule has 0 saturated heterocycles. The molecular formula is C22H18F2N4O2S. The van der Waals surface area contributed by atoms with E-state index in [0.29, 0.717) is 22.9 Å². The Balaban J connectivity index is 1.43. The van der Waals surface area contributed by atoms with E-state index in [1.54, 1.807) is 36.8 Å². The SMILES string of the molecule is Cc1sc(NC(=O)c2ccc(Cn3ccnc3)cc2)nc1-c1ccc(OC(F)F)cc1. The minimum Gasteiger partial charge on any atom is -0.435 e. The van der Waals surface area contributed by atoms with Gasteiger partial charge in [0.2, 0.25) is 0 Å². The quantitative estimate of drug-likeness (QED) is 0.428. The zero-order chi connectivity index (χ0) is 21.8. The van der Waals surface area contributed by atoms with Crippen LogP contribution in [0.4, 0.5) is 13.9 Å². The van der Waals surface area contributed by atoms with Crippen molar-refractivity contribution in [2.75, 3.05) is 5.32 Å². The molecule has 4 rings (SSSR count). The second kappa shape index (κ2) is 9.05. The van der Waals surface area contributed by atoms with Crippen LogP contribution in [0.1, 0.15) is 20.8 Å². The average molecular weight is 440 g/mol. The molecule has 4 aromatic rings. The van der Waals surface area contributed by atoms with Gasteiger partial charge in [0.1, 0.15) is 5.75 Å². The number of carbonyl (C=O) groups excluding carboxylic acids is 1. The lowest BCUT2D eigenvalue weighted by molar-refractivity contribution is -0.0498. The minimum atomic E-state index is -2.87. The van der Waals surface area contributed by atoms with Gasteiger partial charge in [0.15, 0.2) is 5.13 Å². The summed E-state index contributed by atoms with van der Waals surface area (Å²) in [7, 11) is 0. The van der Waals surface area contributed by atoms with Crippen LogP contribution in [0.3, 0.4) is 0 Å². The van der Waals surface area contributed by atoms with Crippen LogP contribution in [-0.2, 0) is 6.54 Å². The molecule has 0 spiro atoms. The van der Waals surface area contributed by atoms with Gasteiger partial charge in [-0.05, 0) is 48.9 Å². The van der Waals surface area contributed by atoms with Gasteiger partial charge in [-0.25, -0.2) is 9.97 Å². The first kappa shape index (κ1) is 20.7. The van der Waals surface area contributed by atoms with Crippen LogP contribution in [-0.4, -0.2) is 27.1 Å². The molecule has 0 unspecified atom stereocenters. The Hall–Kier alpha value is -3.59. The predicted molar refractivity (Wildman–Crippen MR) is 115 cm³/mol. The summed E-state index contributed by atoms with van der Waals surface area (Å²) in [5, 5.41) is 3.29. The zero-order valence-electron chi connectivity index (χ0n) is 16.5. The van der Waals surface area contributed by atoms with Gasteiger partial charge in [-0.15, -0.1) is 11.3 Å². The summed E-state index contributed by atoms with van der Waals surface area (Å²) < 4.78 is 30.9. The average Bonchev–Trinajstić information content (AvgIpc) is 3.38. The Morgan fingerprint density at radius 3 is 2.55 bits per heavy atom. The standard InChI is InChI=1S/C22H18F2N4O2S/c1-14-19(16-6-8-18(9-7-16)30-21(23)24)26-22(31-14)27-20(29)17-4-2-15(3-5-17)12-28-11-10-25-13-28/h2-11,13,21H,12H2,1H3,(H,26,27,29). The van der Waals surface area contributed by atoms with Gasteiger partial charge in [0, 0.05) is 34.9 Å². The van der Waals surface area contributed by atoms with Crippen molar-refractivity contribution in [2.24, 2.45) is 0 Å². The van der Waals surface area contributed by atoms with E-state index >= 15 is 0 Å². The van der Waals surface area contributed by atoms with Gasteiger partial charge >= 0.3 is 6.61 Å². The molecule has 2 heterocycles. The maximum absolute atomic E-state index is 12.6. The molecule has 2 aromatic carbocycles. The van der Waals surface area contributed by atoms with Crippen molar-refractivity contribution < 1.29 is 18.3 Å². The molecular weight excluding hydrogens is 422 g/mol. The van der Waals surface area contributed by atoms with Crippen molar-refractivity contribution >= 4 is 22.4 Å². The van der Waals surface area contributed by atoms with Gasteiger partial charge in [0.05, 0.1) is 12.0 Å². The summed E-state index contributed by atoms with van der Waals surface area (Å²) >= 11 is 1.35. The molecule has 0 aliphatic carbocycles. The Kier molecular flexibility index (Phi) is 6.03. The summed E-state index contributed by atoms with van der Waals surface area (Å²) in [4.78, 5) is 22.0. The number of aryl methyl sites for hydroxylation is 1. The summed E-state index contributed by atoms with van der Waals surface area (Å²) in [5.74, 6) is -0.174. The molecule has 0 fully saturated rings. The van der Waals surface area contributed by atoms with Gasteiger partial charge in [-0.3, -0.25) is 10.1 Å². The van der Waals surface area contributed by atoms with E-state index in [-0.39, 0.29) is 11.7 Å². The maximum Gasteiger partial charge on any atom is 0.387 e. The third-order valence-corrected chi connectivity index (χ3v) is 5.40. The fourth-order valence-electron chi connectivity index (χ4n) is 3.03. The number of aromatic nitrogens is 3. The Labute approximate surface area is 181 Å². The Morgan fingerprint density at radius 2 is 1.90 bits per heavy atom. The first-order chi connectivity index (χ1) is 15.0. The largest absolute Gasteiger partial charge is 0.435 e. The third-order valence-electron chi connectivity index (χ3n) is 4.51. The van der Waals surface area contributed by atoms with Crippen LogP contribution in [0.15, 0.2) is 67.3 Å². The lowest BCUT2D eigenvalue weighted by Crippen LogP contribution is -2.11. The fraction of sp³-hybridized carbons (Fsp3) is 0.136. The van der Waals surface area contributed by atoms with Crippen molar-refractivity contribution in [1.29, 1.82) is 0 Å². The molecule has 1 N–H and O–H groups in total. The van der Waals surface area contributed by atoms with Crippen LogP contribution in [0.2, 0.25) is 0 Å². The number of hydrogen-bond donors (Lipinski definition) is 1. The molecule has 0 saturated carbocycles. The number of halogens is 2. The van der Waals surface area contributed by atoms with Crippen molar-refractivity contribution in [3.05, 3.63) is 83.3 Å². The number of nitrogens with zero attached hydrogens (tertiary/aromatic N) is 3. The highest BCUT2D eigenvalue weighted by Gasteiger charge is 2.14. The van der Waals surface area contributed by atoms with Gasteiger partial charge in [-0.2, -0.15) is 8.78 Å². The van der Waals surface area contributed by atoms with Gasteiger partial charge in [0.25, 0.3) is 5.91 Å². The third kappa shape index (κ3) is 5.13. The van der Waals surface area contributed by atoms with E-state index < -0.39 is 6.61 Å². The van der Waals surface area contributed by atoms with Crippen molar-refractivity contribution in [3.8, 4) is 17.0 Å². The second-order valence-electron chi connectivity index (χ2n) is 6.71. The van der Waals surface area contributed by atoms with Gasteiger partial charge in [-0.1, -0.05) is 12.1 Å². The van der Waals surface area contributed by atoms with Crippen LogP contribution in [0.5, 0.6) is 5.75 Å². The van der Waals surface area contributed by atoms with Crippen LogP contribution in [0, 0.1) is 6.92 Å². The summed E-state index contributed by atoms with van der Waals surface area (Å²) in [6.07, 6.45) is 5.34. The predicted octanol–water partition coefficient (Wildman–Crippen LogP) is 5.22. The molecule has 2 aromatic heterocycles. The molecule has 0 atom stereocenters. The highest BCUT2D eigenvalue weighted by molar-refractivity contribution is 7.16. The number of alkyl halides is 2. The number of anilines is 1. The summed E-state index contributed by atoms with van der Waals surface area (Å²) in [6.45, 7) is -0.302. The van der Waals surface area contributed by atoms with E-state index in [2.05, 4.69) is 20.0 Å². The number of thiazole rings is 1. The first-order valence-electron chi connectivity index (χ1n) is 9.36. The summed E-state index contributed by atoms with van der Waals surface area (Å²) in [5.41, 5.74) is 3.01. The van der Waals surface area contributed by atoms with Crippen LogP contribution in [0.25, 0.3) is 11.3 Å². The number of imidazole rings is 1. The number of carbonyl (C=O) groups is 1. The van der Waals surface area contributed by atoms with E-state index in [1.807, 2.05) is 29.8 Å². The molecule has 9 heteroatoms. The zero-order valence-corrected chi connectivity index (χ0v) is 17.3. The number of hydrogen-bond acceptors (Lipinski definition) is 5. The van der Waals surface area contributed by atoms with Crippen molar-refractivity contribution in [3.63, 3.8) is 0 Å². The van der Waals surface area contributed by atoms with Gasteiger partial charge < -0.3 is 9.30 Å². The minimum absolute atomic E-state index is 0.0802. The molecule has 31 heavy (non-hydrogen) atoms. The highest BCUT2D eigenvalue weighted by atomic mass is 32.1. The molecule has 6 nitrogen and oxygen atoms in total. The lowest BCUT2D eigenvalue weighted by atomic mass is 10.1. The van der Waals surface area contributed by atoms with E-state index in [1.165, 1.54) is 23.5 Å². The number of nitrogens with one attached hydrogen (secondary N) is 1. The monoisotopic (exact) mass is 440 g/mol. The highest BCUT2D eigenvalue weighted by Crippen LogP contribution is 2.31. The summed E-state index contributed by atoms with van der Waals surface area (Å²) in [6, 6.07) is 13.6. The van der Waals surface area contributed by atoms with Crippen molar-refractivity contribution in [1.82, 2.24) is 14.5 Å². The number of rotatable bonds is 7. The number of amides is 1. The topological polar surface area (TPSA) is 69.0 Å². The fourth-order valence-corrected chi connectivity index (χ4v) is 3.86. The molecule has 0 bridgehead atoms. The second-order valence-corrected chi connectivity index (χ2v) is 7.92. The Morgan fingerprint density at radius 1 is 1.16 bits per heavy atom. The smallest absolute Gasteiger partial charge is 0.387 e. The van der Waals surface area contributed by atoms with E-state index in [0.717, 1.165) is 16.0 Å². The van der Waals surface area contributed by atoms with E-state index in [9.17, 15) is 13.6 Å². The number of benzene rings is 2. The number of ether oxygens (including phenoxy) is 1. The van der Waals surface area contributed by atoms with Crippen molar-refractivity contribution in [2.45, 2.75) is 20.1 Å². The molecule has 0 aliphatic rings. The Bertz CT molecular complexity index is 1160. The normalized spacial score (nSPS) is 11.0. The molecule has 158 valence electrons. The lowest BCUT2D eigenvalue weighted by Gasteiger charge is -2.05. The molecule has 0 aliphatic heterocycles. The molecule has 1 amide bonds. The maximum atomic E-state index is 12.6.